The Hall–Kier alpha value is 0.447. The molecule has 0 amide bonds. The van der Waals surface area contributed by atoms with Crippen molar-refractivity contribution >= 4 is 17.3 Å². The highest BCUT2D eigenvalue weighted by Gasteiger charge is 2.06. The lowest BCUT2D eigenvalue weighted by Crippen LogP contribution is -2.13. The van der Waals surface area contributed by atoms with Gasteiger partial charge in [0.2, 0.25) is 0 Å². The first-order chi connectivity index (χ1) is 2.56. The zero-order chi connectivity index (χ0) is 5.21. The number of nitrogens with zero attached hydrogens (tertiary/aromatic N) is 1. The summed E-state index contributed by atoms with van der Waals surface area (Å²) < 4.78 is 4.19. The lowest BCUT2D eigenvalue weighted by Gasteiger charge is -2.04. The van der Waals surface area contributed by atoms with Gasteiger partial charge in [-0.05, 0) is 0 Å². The highest BCUT2D eigenvalue weighted by molar-refractivity contribution is 7.08. The van der Waals surface area contributed by atoms with Gasteiger partial charge in [0.25, 0.3) is 0 Å². The molecule has 0 heterocycles. The Morgan fingerprint density at radius 1 is 1.33 bits per heavy atom. The van der Waals surface area contributed by atoms with Crippen LogP contribution in [0.3, 0.4) is 0 Å². The van der Waals surface area contributed by atoms with Crippen molar-refractivity contribution in [2.75, 3.05) is 0 Å². The summed E-state index contributed by atoms with van der Waals surface area (Å²) in [5.41, 5.74) is 0. The predicted molar refractivity (Wildman–Crippen MR) is 36.9 cm³/mol. The van der Waals surface area contributed by atoms with Crippen molar-refractivity contribution < 1.29 is 0 Å². The van der Waals surface area contributed by atoms with Crippen LogP contribution in [0.4, 0.5) is 0 Å². The van der Waals surface area contributed by atoms with Crippen molar-refractivity contribution in [3.8, 4) is 0 Å². The van der Waals surface area contributed by atoms with Crippen LogP contribution < -0.4 is 0 Å². The van der Waals surface area contributed by atoms with E-state index in [1.54, 1.807) is 9.03 Å². The van der Waals surface area contributed by atoms with Gasteiger partial charge in [-0.15, -0.1) is 0 Å². The molecule has 0 aromatic rings. The average Bonchev–Trinajstić information content (AvgIpc) is 1.35. The molecule has 0 aliphatic heterocycles. The monoisotopic (exact) mass is 121 g/mol. The number of rotatable bonds is 1. The Balaban J connectivity index is 3.45. The first-order valence-electron chi connectivity index (χ1n) is 2.04. The Kier molecular flexibility index (Phi) is 2.09. The summed E-state index contributed by atoms with van der Waals surface area (Å²) in [6.45, 7) is 6.67. The quantitative estimate of drug-likeness (QED) is 0.369. The van der Waals surface area contributed by atoms with Gasteiger partial charge in [0, 0.05) is 0 Å². The minimum Gasteiger partial charge on any atom is -0.347 e. The maximum atomic E-state index is 4.19. The fourth-order valence-corrected chi connectivity index (χ4v) is 0. The van der Waals surface area contributed by atoms with Crippen molar-refractivity contribution in [3.63, 3.8) is 0 Å². The number of hydrogen-bond donors (Lipinski definition) is 0. The van der Waals surface area contributed by atoms with E-state index in [9.17, 15) is 0 Å². The Morgan fingerprint density at radius 3 is 1.50 bits per heavy atom. The highest BCUT2D eigenvalue weighted by atomic mass is 31.0. The van der Waals surface area contributed by atoms with Gasteiger partial charge in [0.1, 0.15) is 0 Å². The smallest absolute Gasteiger partial charge is 0.169 e. The second kappa shape index (κ2) is 1.94. The van der Waals surface area contributed by atoms with E-state index in [1.807, 2.05) is 0 Å². The summed E-state index contributed by atoms with van der Waals surface area (Å²) in [5.74, 6) is 0. The van der Waals surface area contributed by atoms with Gasteiger partial charge >= 0.3 is 0 Å². The van der Waals surface area contributed by atoms with Gasteiger partial charge in [-0.1, -0.05) is 28.7 Å². The van der Waals surface area contributed by atoms with Crippen LogP contribution in [-0.2, 0) is 0 Å². The molecule has 1 unspecified atom stereocenters. The highest BCUT2D eigenvalue weighted by Crippen LogP contribution is 2.01. The lowest BCUT2D eigenvalue weighted by molar-refractivity contribution is 1.61. The van der Waals surface area contributed by atoms with Crippen LogP contribution in [-0.4, -0.2) is 8.24 Å². The van der Waals surface area contributed by atoms with E-state index in [1.165, 1.54) is 0 Å². The summed E-state index contributed by atoms with van der Waals surface area (Å²) in [6, 6.07) is 0. The molecule has 1 nitrogen and oxygen atoms in total. The van der Waals surface area contributed by atoms with Gasteiger partial charge in [0.05, 0.1) is 0 Å². The van der Waals surface area contributed by atoms with E-state index in [0.29, 0.717) is 0 Å². The molecule has 0 aromatic heterocycles. The van der Waals surface area contributed by atoms with Gasteiger partial charge in [-0.3, -0.25) is 0 Å². The van der Waals surface area contributed by atoms with Gasteiger partial charge < -0.3 is 4.41 Å². The minimum absolute atomic E-state index is 0.994. The molecule has 1 atom stereocenters. The minimum atomic E-state index is -0.994. The Bertz CT molecular complexity index is 56.3. The van der Waals surface area contributed by atoms with E-state index in [2.05, 4.69) is 24.1 Å². The molecule has 0 saturated heterocycles. The first-order valence-corrected chi connectivity index (χ1v) is 6.12. The third-order valence-electron chi connectivity index (χ3n) is 0.474. The first kappa shape index (κ1) is 6.45. The van der Waals surface area contributed by atoms with E-state index in [4.69, 9.17) is 0 Å². The van der Waals surface area contributed by atoms with Crippen LogP contribution in [0.5, 0.6) is 0 Å². The second-order valence-electron chi connectivity index (χ2n) is 2.33. The topological polar surface area (TPSA) is 12.4 Å². The summed E-state index contributed by atoms with van der Waals surface area (Å²) >= 11 is 0. The van der Waals surface area contributed by atoms with Crippen molar-refractivity contribution in [1.29, 1.82) is 0 Å². The van der Waals surface area contributed by atoms with Gasteiger partial charge in [-0.2, -0.15) is 0 Å². The molecular formula is C3H12NPSi. The summed E-state index contributed by atoms with van der Waals surface area (Å²) in [5, 5.41) is 0. The molecule has 0 aromatic carbocycles. The average molecular weight is 121 g/mol. The molecule has 0 aliphatic rings. The molecule has 3 heteroatoms. The zero-order valence-corrected chi connectivity index (χ0v) is 7.07. The normalized spacial score (nSPS) is 11.8. The third-order valence-corrected chi connectivity index (χ3v) is 4.27. The fraction of sp³-hybridized carbons (Fsp3) is 1.00. The molecule has 6 heavy (non-hydrogen) atoms. The van der Waals surface area contributed by atoms with Crippen LogP contribution in [0.25, 0.3) is 0 Å². The van der Waals surface area contributed by atoms with Crippen molar-refractivity contribution in [2.45, 2.75) is 19.6 Å². The maximum absolute atomic E-state index is 4.19. The molecule has 0 spiro atoms. The SMILES string of the molecule is C[Si](C)(C)N=[PH3]. The standard InChI is InChI=1S/C3H12NPSi/c1-6(2,3)4-5/h1-3,5H3. The predicted octanol–water partition coefficient (Wildman–Crippen LogP) is 1.61. The number of hydrogen-bond acceptors (Lipinski definition) is 1. The largest absolute Gasteiger partial charge is 0.347 e. The van der Waals surface area contributed by atoms with Gasteiger partial charge in [0.15, 0.2) is 8.24 Å². The molecule has 38 valence electrons. The van der Waals surface area contributed by atoms with E-state index < -0.39 is 8.24 Å². The summed E-state index contributed by atoms with van der Waals surface area (Å²) in [4.78, 5) is 0. The van der Waals surface area contributed by atoms with Crippen molar-refractivity contribution in [1.82, 2.24) is 0 Å². The fourth-order valence-electron chi connectivity index (χ4n) is 0. The van der Waals surface area contributed by atoms with Crippen LogP contribution in [0.1, 0.15) is 0 Å². The second-order valence-corrected chi connectivity index (χ2v) is 7.94. The van der Waals surface area contributed by atoms with Gasteiger partial charge in [-0.25, -0.2) is 0 Å². The van der Waals surface area contributed by atoms with Crippen molar-refractivity contribution in [3.05, 3.63) is 0 Å². The Labute approximate surface area is 42.2 Å². The van der Waals surface area contributed by atoms with Crippen LogP contribution >= 0.6 is 9.03 Å². The Morgan fingerprint density at radius 2 is 1.50 bits per heavy atom. The molecule has 0 saturated carbocycles. The molecule has 0 N–H and O–H groups in total. The third kappa shape index (κ3) is 4.45. The van der Waals surface area contributed by atoms with E-state index in [-0.39, 0.29) is 0 Å². The van der Waals surface area contributed by atoms with Crippen LogP contribution in [0, 0.1) is 0 Å². The summed E-state index contributed by atoms with van der Waals surface area (Å²) in [7, 11) is 0.729. The van der Waals surface area contributed by atoms with Crippen LogP contribution in [0.2, 0.25) is 19.6 Å². The van der Waals surface area contributed by atoms with Crippen LogP contribution in [0.15, 0.2) is 4.41 Å². The molecule has 0 bridgehead atoms. The van der Waals surface area contributed by atoms with Crippen molar-refractivity contribution in [2.24, 2.45) is 4.41 Å². The zero-order valence-electron chi connectivity index (χ0n) is 4.65. The molecular weight excluding hydrogens is 109 g/mol. The lowest BCUT2D eigenvalue weighted by atomic mass is 11.8. The van der Waals surface area contributed by atoms with E-state index in [0.717, 1.165) is 0 Å². The molecule has 0 rings (SSSR count). The summed E-state index contributed by atoms with van der Waals surface area (Å²) in [6.07, 6.45) is 0. The molecule has 0 aliphatic carbocycles. The molecule has 0 fully saturated rings. The molecule has 0 radical (unpaired) electrons. The van der Waals surface area contributed by atoms with E-state index >= 15 is 0 Å². The maximum Gasteiger partial charge on any atom is 0.169 e.